The first-order valence-corrected chi connectivity index (χ1v) is 36.7. The predicted octanol–water partition coefficient (Wildman–Crippen LogP) is 0.840. The largest absolute Gasteiger partial charge is 0.495 e. The second kappa shape index (κ2) is 34.5. The summed E-state index contributed by atoms with van der Waals surface area (Å²) in [7, 11) is 5.84. The topological polar surface area (TPSA) is 460 Å². The molecule has 4 saturated heterocycles. The van der Waals surface area contributed by atoms with Gasteiger partial charge in [-0.15, -0.1) is 0 Å². The highest BCUT2D eigenvalue weighted by atomic mass is 35.5. The number of epoxide rings is 1. The van der Waals surface area contributed by atoms with Gasteiger partial charge in [0.05, 0.1) is 75.0 Å². The van der Waals surface area contributed by atoms with E-state index >= 15 is 0 Å². The van der Waals surface area contributed by atoms with Crippen molar-refractivity contribution < 1.29 is 122 Å². The fraction of sp³-hybridized carbons (Fsp3) is 0.562. The van der Waals surface area contributed by atoms with Gasteiger partial charge < -0.3 is 109 Å². The van der Waals surface area contributed by atoms with Gasteiger partial charge in [-0.2, -0.15) is 26.8 Å². The van der Waals surface area contributed by atoms with Crippen LogP contribution in [0.15, 0.2) is 84.5 Å². The van der Waals surface area contributed by atoms with Crippen molar-refractivity contribution >= 4 is 82.2 Å². The second-order valence-electron chi connectivity index (χ2n) is 28.3. The summed E-state index contributed by atoms with van der Waals surface area (Å²) in [5.41, 5.74) is 1.42. The average molecular weight is 1550 g/mol. The van der Waals surface area contributed by atoms with Crippen LogP contribution in [-0.4, -0.2) is 275 Å². The highest BCUT2D eigenvalue weighted by Crippen LogP contribution is 2.50. The number of aromatic nitrogens is 3. The number of likely N-dealkylation sites (N-methyl/N-ethyl adjacent to an activating group) is 1. The number of nitrogens with zero attached hydrogens (tertiary/aromatic N) is 6. The fourth-order valence-corrected chi connectivity index (χ4v) is 15.3. The number of rotatable bonds is 22. The minimum Gasteiger partial charge on any atom is -0.495 e. The zero-order valence-electron chi connectivity index (χ0n) is 61.0. The van der Waals surface area contributed by atoms with Crippen LogP contribution in [0.2, 0.25) is 5.02 Å². The van der Waals surface area contributed by atoms with E-state index < -0.39 is 188 Å². The molecule has 588 valence electrons. The Hall–Kier alpha value is -8.04. The van der Waals surface area contributed by atoms with Gasteiger partial charge in [-0.3, -0.25) is 28.8 Å². The number of methoxy groups -OCH3 is 2. The van der Waals surface area contributed by atoms with Crippen LogP contribution in [0.25, 0.3) is 22.5 Å². The molecule has 3 aromatic carbocycles. The molecule has 19 atom stereocenters. The lowest BCUT2D eigenvalue weighted by molar-refractivity contribution is -0.334. The van der Waals surface area contributed by atoms with Crippen molar-refractivity contribution in [3.05, 3.63) is 101 Å². The number of carbonyl (C=O) groups is 8. The highest BCUT2D eigenvalue weighted by Gasteiger charge is 2.65. The van der Waals surface area contributed by atoms with Gasteiger partial charge in [-0.05, 0) is 56.5 Å². The van der Waals surface area contributed by atoms with Crippen LogP contribution in [0.5, 0.6) is 5.75 Å². The van der Waals surface area contributed by atoms with E-state index in [2.05, 4.69) is 10.6 Å². The third-order valence-corrected chi connectivity index (χ3v) is 22.0. The number of carboxylic acids is 1. The molecular formula is C73H93ClN8O25S. The SMILES string of the molecule is COc1cc2cc(c1Cl)N(C)C(=O)CC(OC(=O)C(C)N(C)C(=O)CCSCC(=O)NCCC(=O)N1Cc3ccccc3-c3nn(CC(O)C(O)C4OC(OCC5OC(O)C(O)C(O)C5O)(C(=O)O)CC(O)C4NC(C)=O)nc3-c3ccccc31)C1(C)OC1C(C)C1CC(O)(CC(=O)O1)C(OC)/C=C/C=C(\C)C2. The van der Waals surface area contributed by atoms with Crippen molar-refractivity contribution in [2.75, 3.05) is 62.8 Å². The molecule has 6 aliphatic heterocycles. The summed E-state index contributed by atoms with van der Waals surface area (Å²) in [5, 5.41) is 113. The zero-order valence-corrected chi connectivity index (χ0v) is 62.5. The predicted molar refractivity (Wildman–Crippen MR) is 384 cm³/mol. The summed E-state index contributed by atoms with van der Waals surface area (Å²) in [6.07, 6.45) is -17.5. The number of hydrogen-bond acceptors (Lipinski definition) is 27. The number of para-hydroxylation sites is 1. The van der Waals surface area contributed by atoms with Gasteiger partial charge in [0.2, 0.25) is 29.5 Å². The number of nitrogens with one attached hydrogen (secondary N) is 2. The molecule has 0 radical (unpaired) electrons. The Bertz CT molecular complexity index is 4070. The van der Waals surface area contributed by atoms with Crippen molar-refractivity contribution in [3.63, 3.8) is 0 Å². The molecule has 6 aliphatic rings. The lowest BCUT2D eigenvalue weighted by Gasteiger charge is -2.47. The molecule has 4 fully saturated rings. The van der Waals surface area contributed by atoms with E-state index in [-0.39, 0.29) is 61.0 Å². The number of benzene rings is 3. The minimum absolute atomic E-state index is 0.0171. The standard InChI is InChI=1S/C73H93ClN8O25S/c1-36-15-14-20-51(101-9)72(99)30-49(103-57(90)31-72)37(2)67-71(5,107-67)52(28-56(89)80(7)45-26-40(25-36)27-48(100-8)58(45)74)105-68(95)38(3)79(6)54(87)22-24-108-35-53(86)75-23-21-55(88)81-32-41-16-10-11-17-42(41)59-60(43-18-12-13-19-44(43)81)78-82(77-59)33-47(85)62(91)66-61(76-39(4)83)46(84)29-73(106-66,70(97)98)102-34-50-63(92)64(93)65(94)69(96)104-50/h10-20,26-27,37-38,46-47,49-52,61-67,69,84-85,91-94,96,99H,21-25,28-35H2,1-9H3,(H,75,86)(H,76,83)(H,97,98)/b20-14+,36-15+. The summed E-state index contributed by atoms with van der Waals surface area (Å²) >= 11 is 8.00. The Morgan fingerprint density at radius 1 is 0.917 bits per heavy atom. The third-order valence-electron chi connectivity index (χ3n) is 20.7. The molecule has 7 heterocycles. The number of aliphatic carboxylic acids is 1. The van der Waals surface area contributed by atoms with E-state index in [0.717, 1.165) is 34.6 Å². The molecule has 0 aliphatic carbocycles. The molecule has 11 N–H and O–H groups in total. The maximum Gasteiger partial charge on any atom is 0.364 e. The Morgan fingerprint density at radius 2 is 1.61 bits per heavy atom. The summed E-state index contributed by atoms with van der Waals surface area (Å²) in [4.78, 5) is 114. The fourth-order valence-electron chi connectivity index (χ4n) is 14.3. The molecule has 1 aromatic heterocycles. The molecule has 33 nitrogen and oxygen atoms in total. The van der Waals surface area contributed by atoms with E-state index in [0.29, 0.717) is 45.9 Å². The number of fused-ring (bicyclic) bond motifs is 10. The van der Waals surface area contributed by atoms with Gasteiger partial charge >= 0.3 is 17.9 Å². The number of aliphatic hydroxyl groups is 8. The molecular weight excluding hydrogens is 1460 g/mol. The number of ether oxygens (including phenoxy) is 8. The smallest absolute Gasteiger partial charge is 0.364 e. The maximum atomic E-state index is 14.5. The van der Waals surface area contributed by atoms with E-state index in [1.807, 2.05) is 13.0 Å². The Morgan fingerprint density at radius 3 is 2.31 bits per heavy atom. The van der Waals surface area contributed by atoms with Crippen LogP contribution in [0.3, 0.4) is 0 Å². The molecule has 5 amide bonds. The number of anilines is 2. The molecule has 4 aromatic rings. The van der Waals surface area contributed by atoms with Crippen LogP contribution >= 0.6 is 23.4 Å². The second-order valence-corrected chi connectivity index (χ2v) is 29.8. The first-order chi connectivity index (χ1) is 51.1. The molecule has 35 heteroatoms. The number of amides is 5. The number of aliphatic hydroxyl groups excluding tert-OH is 7. The average Bonchev–Trinajstić information content (AvgIpc) is 1.57. The molecule has 19 unspecified atom stereocenters. The third kappa shape index (κ3) is 18.0. The monoisotopic (exact) mass is 1550 g/mol. The van der Waals surface area contributed by atoms with Crippen molar-refractivity contribution in [3.8, 4) is 28.3 Å². The summed E-state index contributed by atoms with van der Waals surface area (Å²) in [6.45, 7) is 6.28. The van der Waals surface area contributed by atoms with Gasteiger partial charge in [0.25, 0.3) is 5.79 Å². The number of thioether (sulfide) groups is 1. The Balaban J connectivity index is 0.754. The van der Waals surface area contributed by atoms with Gasteiger partial charge in [-0.1, -0.05) is 84.8 Å². The van der Waals surface area contributed by atoms with E-state index in [9.17, 15) is 84.3 Å². The van der Waals surface area contributed by atoms with Crippen molar-refractivity contribution in [2.24, 2.45) is 5.92 Å². The first-order valence-electron chi connectivity index (χ1n) is 35.2. The van der Waals surface area contributed by atoms with Gasteiger partial charge in [-0.25, -0.2) is 9.59 Å². The normalized spacial score (nSPS) is 30.8. The van der Waals surface area contributed by atoms with E-state index in [1.165, 1.54) is 49.9 Å². The molecule has 10 rings (SSSR count). The van der Waals surface area contributed by atoms with Gasteiger partial charge in [0, 0.05) is 83.2 Å². The first kappa shape index (κ1) is 82.5. The number of esters is 2. The quantitative estimate of drug-likeness (QED) is 0.0295. The summed E-state index contributed by atoms with van der Waals surface area (Å²) in [6, 6.07) is 14.6. The Kier molecular flexibility index (Phi) is 26.3. The van der Waals surface area contributed by atoms with Gasteiger partial charge in [0.1, 0.15) is 100 Å². The lowest BCUT2D eigenvalue weighted by atomic mass is 9.78. The summed E-state index contributed by atoms with van der Waals surface area (Å²) < 4.78 is 46.4. The number of carbonyl (C=O) groups excluding carboxylic acids is 7. The van der Waals surface area contributed by atoms with Crippen LogP contribution < -0.4 is 25.2 Å². The number of carboxylic acid groups (broad SMARTS) is 1. The molecule has 0 saturated carbocycles. The zero-order chi connectivity index (χ0) is 78.6. The molecule has 4 bridgehead atoms. The van der Waals surface area contributed by atoms with E-state index in [1.54, 1.807) is 86.7 Å². The van der Waals surface area contributed by atoms with Crippen molar-refractivity contribution in [1.29, 1.82) is 0 Å². The molecule has 108 heavy (non-hydrogen) atoms. The summed E-state index contributed by atoms with van der Waals surface area (Å²) in [5.74, 6) is -9.06. The maximum absolute atomic E-state index is 14.5. The van der Waals surface area contributed by atoms with E-state index in [4.69, 9.17) is 59.7 Å². The highest BCUT2D eigenvalue weighted by molar-refractivity contribution is 7.99. The number of hydrogen-bond donors (Lipinski definition) is 11. The van der Waals surface area contributed by atoms with Crippen LogP contribution in [0, 0.1) is 5.92 Å². The molecule has 0 spiro atoms. The van der Waals surface area contributed by atoms with Crippen molar-refractivity contribution in [1.82, 2.24) is 30.5 Å². The number of allylic oxidation sites excluding steroid dienone is 3. The van der Waals surface area contributed by atoms with Crippen LogP contribution in [0.4, 0.5) is 11.4 Å². The van der Waals surface area contributed by atoms with Crippen LogP contribution in [-0.2, 0) is 91.0 Å². The van der Waals surface area contributed by atoms with Crippen molar-refractivity contribution in [2.45, 2.75) is 201 Å². The van der Waals surface area contributed by atoms with Crippen LogP contribution in [0.1, 0.15) is 84.3 Å². The van der Waals surface area contributed by atoms with Gasteiger partial charge in [0.15, 0.2) is 6.29 Å². The minimum atomic E-state index is -2.87. The Labute approximate surface area is 630 Å². The number of halogens is 1. The lowest BCUT2D eigenvalue weighted by Crippen LogP contribution is -2.68.